The molecule has 1 atom stereocenters. The van der Waals surface area contributed by atoms with Gasteiger partial charge in [-0.2, -0.15) is 5.26 Å². The Hall–Kier alpha value is -3.33. The predicted molar refractivity (Wildman–Crippen MR) is 98.2 cm³/mol. The number of urea groups is 1. The number of carbonyl (C=O) groups is 2. The van der Waals surface area contributed by atoms with Crippen LogP contribution in [0.3, 0.4) is 0 Å². The van der Waals surface area contributed by atoms with E-state index in [9.17, 15) is 9.59 Å². The van der Waals surface area contributed by atoms with Gasteiger partial charge in [0, 0.05) is 5.69 Å². The normalized spacial score (nSPS) is 11.3. The Morgan fingerprint density at radius 1 is 1.08 bits per heavy atom. The Labute approximate surface area is 152 Å². The third-order valence-corrected chi connectivity index (χ3v) is 3.70. The first-order chi connectivity index (χ1) is 12.5. The lowest BCUT2D eigenvalue weighted by atomic mass is 10.1. The number of nitriles is 1. The highest BCUT2D eigenvalue weighted by atomic mass is 16.5. The molecule has 0 heterocycles. The Morgan fingerprint density at radius 2 is 1.73 bits per heavy atom. The Kier molecular flexibility index (Phi) is 6.75. The maximum atomic E-state index is 12.4. The molecule has 0 aliphatic heterocycles. The first kappa shape index (κ1) is 19.0. The van der Waals surface area contributed by atoms with Crippen molar-refractivity contribution in [2.24, 2.45) is 5.92 Å². The van der Waals surface area contributed by atoms with E-state index in [0.29, 0.717) is 11.3 Å². The highest BCUT2D eigenvalue weighted by molar-refractivity contribution is 5.92. The van der Waals surface area contributed by atoms with E-state index in [4.69, 9.17) is 10.00 Å². The lowest BCUT2D eigenvalue weighted by Gasteiger charge is -2.21. The first-order valence-corrected chi connectivity index (χ1v) is 8.28. The molecule has 0 aliphatic carbocycles. The van der Waals surface area contributed by atoms with E-state index in [0.717, 1.165) is 5.56 Å². The van der Waals surface area contributed by atoms with Gasteiger partial charge in [0.1, 0.15) is 12.6 Å². The molecule has 0 fully saturated rings. The summed E-state index contributed by atoms with van der Waals surface area (Å²) < 4.78 is 5.31. The van der Waals surface area contributed by atoms with E-state index in [-0.39, 0.29) is 12.5 Å². The SMILES string of the molecule is CC(C)[C@H](NC(=O)Nc1ccccc1)C(=O)OCc1ccc(C#N)cc1. The number of anilines is 1. The molecule has 0 radical (unpaired) electrons. The Balaban J connectivity index is 1.91. The predicted octanol–water partition coefficient (Wildman–Crippen LogP) is 3.45. The van der Waals surface area contributed by atoms with Crippen molar-refractivity contribution in [1.82, 2.24) is 5.32 Å². The molecule has 6 nitrogen and oxygen atoms in total. The van der Waals surface area contributed by atoms with Gasteiger partial charge in [-0.25, -0.2) is 9.59 Å². The molecule has 0 aromatic heterocycles. The number of para-hydroxylation sites is 1. The molecular formula is C20H21N3O3. The number of carbonyl (C=O) groups excluding carboxylic acids is 2. The number of rotatable bonds is 6. The minimum Gasteiger partial charge on any atom is -0.459 e. The number of benzene rings is 2. The van der Waals surface area contributed by atoms with Crippen LogP contribution >= 0.6 is 0 Å². The number of hydrogen-bond acceptors (Lipinski definition) is 4. The van der Waals surface area contributed by atoms with E-state index in [2.05, 4.69) is 10.6 Å². The van der Waals surface area contributed by atoms with Crippen LogP contribution in [0.25, 0.3) is 0 Å². The van der Waals surface area contributed by atoms with Crippen molar-refractivity contribution in [2.75, 3.05) is 5.32 Å². The zero-order valence-corrected chi connectivity index (χ0v) is 14.7. The summed E-state index contributed by atoms with van der Waals surface area (Å²) in [7, 11) is 0. The highest BCUT2D eigenvalue weighted by Crippen LogP contribution is 2.10. The van der Waals surface area contributed by atoms with Gasteiger partial charge in [0.15, 0.2) is 0 Å². The van der Waals surface area contributed by atoms with Crippen LogP contribution in [0.2, 0.25) is 0 Å². The average molecular weight is 351 g/mol. The standard InChI is InChI=1S/C20H21N3O3/c1-14(2)18(23-20(25)22-17-6-4-3-5-7-17)19(24)26-13-16-10-8-15(12-21)9-11-16/h3-11,14,18H,13H2,1-2H3,(H2,22,23,25)/t18-/m0/s1. The van der Waals surface area contributed by atoms with Gasteiger partial charge in [-0.1, -0.05) is 44.2 Å². The van der Waals surface area contributed by atoms with Crippen LogP contribution in [0.1, 0.15) is 25.0 Å². The van der Waals surface area contributed by atoms with Crippen LogP contribution in [-0.2, 0) is 16.1 Å². The minimum absolute atomic E-state index is 0.0791. The number of nitrogens with zero attached hydrogens (tertiary/aromatic N) is 1. The molecule has 2 N–H and O–H groups in total. The zero-order valence-electron chi connectivity index (χ0n) is 14.7. The molecule has 2 rings (SSSR count). The summed E-state index contributed by atoms with van der Waals surface area (Å²) in [5.74, 6) is -0.641. The summed E-state index contributed by atoms with van der Waals surface area (Å²) in [5.41, 5.74) is 1.95. The highest BCUT2D eigenvalue weighted by Gasteiger charge is 2.25. The second-order valence-electron chi connectivity index (χ2n) is 6.10. The molecule has 134 valence electrons. The monoisotopic (exact) mass is 351 g/mol. The van der Waals surface area contributed by atoms with Crippen molar-refractivity contribution in [3.05, 3.63) is 65.7 Å². The third-order valence-electron chi connectivity index (χ3n) is 3.70. The maximum absolute atomic E-state index is 12.4. The first-order valence-electron chi connectivity index (χ1n) is 8.28. The number of hydrogen-bond donors (Lipinski definition) is 2. The van der Waals surface area contributed by atoms with E-state index in [1.165, 1.54) is 0 Å². The van der Waals surface area contributed by atoms with Crippen LogP contribution in [0, 0.1) is 17.2 Å². The van der Waals surface area contributed by atoms with Crippen LogP contribution in [0.5, 0.6) is 0 Å². The van der Waals surface area contributed by atoms with Gasteiger partial charge in [0.05, 0.1) is 11.6 Å². The van der Waals surface area contributed by atoms with Gasteiger partial charge < -0.3 is 15.4 Å². The topological polar surface area (TPSA) is 91.2 Å². The molecular weight excluding hydrogens is 330 g/mol. The Morgan fingerprint density at radius 3 is 2.31 bits per heavy atom. The van der Waals surface area contributed by atoms with Crippen molar-refractivity contribution < 1.29 is 14.3 Å². The van der Waals surface area contributed by atoms with Crippen LogP contribution < -0.4 is 10.6 Å². The lowest BCUT2D eigenvalue weighted by Crippen LogP contribution is -2.47. The fourth-order valence-corrected chi connectivity index (χ4v) is 2.25. The van der Waals surface area contributed by atoms with E-state index in [1.54, 1.807) is 48.5 Å². The molecule has 2 amide bonds. The van der Waals surface area contributed by atoms with Gasteiger partial charge in [0.25, 0.3) is 0 Å². The summed E-state index contributed by atoms with van der Waals surface area (Å²) >= 11 is 0. The molecule has 2 aromatic rings. The zero-order chi connectivity index (χ0) is 18.9. The van der Waals surface area contributed by atoms with E-state index >= 15 is 0 Å². The number of nitrogens with one attached hydrogen (secondary N) is 2. The number of esters is 1. The minimum atomic E-state index is -0.767. The van der Waals surface area contributed by atoms with Gasteiger partial charge in [-0.3, -0.25) is 0 Å². The fraction of sp³-hybridized carbons (Fsp3) is 0.250. The molecule has 0 aliphatic rings. The van der Waals surface area contributed by atoms with E-state index in [1.807, 2.05) is 26.0 Å². The van der Waals surface area contributed by atoms with Gasteiger partial charge in [-0.15, -0.1) is 0 Å². The lowest BCUT2D eigenvalue weighted by molar-refractivity contribution is -0.148. The Bertz CT molecular complexity index is 780. The molecule has 0 saturated carbocycles. The second kappa shape index (κ2) is 9.23. The summed E-state index contributed by atoms with van der Waals surface area (Å²) in [4.78, 5) is 24.5. The fourth-order valence-electron chi connectivity index (χ4n) is 2.25. The number of ether oxygens (including phenoxy) is 1. The molecule has 26 heavy (non-hydrogen) atoms. The maximum Gasteiger partial charge on any atom is 0.329 e. The van der Waals surface area contributed by atoms with Crippen LogP contribution in [0.4, 0.5) is 10.5 Å². The second-order valence-corrected chi connectivity index (χ2v) is 6.10. The van der Waals surface area contributed by atoms with Crippen molar-refractivity contribution in [1.29, 1.82) is 5.26 Å². The van der Waals surface area contributed by atoms with Crippen molar-refractivity contribution in [3.8, 4) is 6.07 Å². The number of amides is 2. The van der Waals surface area contributed by atoms with Crippen molar-refractivity contribution in [3.63, 3.8) is 0 Å². The quantitative estimate of drug-likeness (QED) is 0.780. The molecule has 0 saturated heterocycles. The van der Waals surface area contributed by atoms with E-state index < -0.39 is 18.0 Å². The summed E-state index contributed by atoms with van der Waals surface area (Å²) in [5, 5.41) is 14.1. The van der Waals surface area contributed by atoms with Crippen LogP contribution in [0.15, 0.2) is 54.6 Å². The molecule has 0 unspecified atom stereocenters. The van der Waals surface area contributed by atoms with Crippen molar-refractivity contribution >= 4 is 17.7 Å². The summed E-state index contributed by atoms with van der Waals surface area (Å²) in [6.45, 7) is 3.74. The van der Waals surface area contributed by atoms with Gasteiger partial charge in [-0.05, 0) is 35.7 Å². The van der Waals surface area contributed by atoms with Gasteiger partial charge in [0.2, 0.25) is 0 Å². The van der Waals surface area contributed by atoms with Crippen molar-refractivity contribution in [2.45, 2.75) is 26.5 Å². The smallest absolute Gasteiger partial charge is 0.329 e. The summed E-state index contributed by atoms with van der Waals surface area (Å²) in [6, 6.07) is 16.6. The average Bonchev–Trinajstić information content (AvgIpc) is 2.65. The summed E-state index contributed by atoms with van der Waals surface area (Å²) in [6.07, 6.45) is 0. The molecule has 2 aromatic carbocycles. The van der Waals surface area contributed by atoms with Gasteiger partial charge >= 0.3 is 12.0 Å². The third kappa shape index (κ3) is 5.64. The largest absolute Gasteiger partial charge is 0.459 e. The molecule has 0 bridgehead atoms. The molecule has 0 spiro atoms. The van der Waals surface area contributed by atoms with Crippen LogP contribution in [-0.4, -0.2) is 18.0 Å². The molecule has 6 heteroatoms.